The van der Waals surface area contributed by atoms with Gasteiger partial charge in [-0.2, -0.15) is 10.3 Å². The van der Waals surface area contributed by atoms with Crippen molar-refractivity contribution in [2.24, 2.45) is 0 Å². The van der Waals surface area contributed by atoms with E-state index in [0.717, 1.165) is 59.7 Å². The molecule has 0 atom stereocenters. The van der Waals surface area contributed by atoms with Gasteiger partial charge in [0.2, 0.25) is 5.82 Å². The summed E-state index contributed by atoms with van der Waals surface area (Å²) in [5.41, 5.74) is 5.13. The zero-order valence-corrected chi connectivity index (χ0v) is 18.4. The van der Waals surface area contributed by atoms with Crippen molar-refractivity contribution in [1.82, 2.24) is 40.4 Å². The third kappa shape index (κ3) is 4.55. The van der Waals surface area contributed by atoms with E-state index in [4.69, 9.17) is 10.1 Å². The second-order valence-corrected chi connectivity index (χ2v) is 7.82. The second-order valence-electron chi connectivity index (χ2n) is 7.82. The van der Waals surface area contributed by atoms with Crippen molar-refractivity contribution >= 4 is 0 Å². The van der Waals surface area contributed by atoms with Crippen LogP contribution in [0, 0.1) is 0 Å². The van der Waals surface area contributed by atoms with Gasteiger partial charge in [0.15, 0.2) is 5.82 Å². The van der Waals surface area contributed by atoms with Crippen molar-refractivity contribution in [2.45, 2.75) is 32.7 Å². The minimum absolute atomic E-state index is 0.527. The molecule has 0 unspecified atom stereocenters. The molecular weight excluding hydrogens is 412 g/mol. The van der Waals surface area contributed by atoms with Crippen LogP contribution in [0.15, 0.2) is 73.1 Å². The van der Waals surface area contributed by atoms with Crippen LogP contribution in [0.5, 0.6) is 0 Å². The zero-order valence-electron chi connectivity index (χ0n) is 18.4. The number of aromatic nitrogens is 8. The van der Waals surface area contributed by atoms with E-state index >= 15 is 0 Å². The Balaban J connectivity index is 1.42. The molecule has 0 fully saturated rings. The molecule has 0 bridgehead atoms. The van der Waals surface area contributed by atoms with E-state index in [1.807, 2.05) is 36.4 Å². The number of hydrogen-bond acceptors (Lipinski definition) is 6. The molecule has 3 heterocycles. The van der Waals surface area contributed by atoms with Crippen LogP contribution >= 0.6 is 0 Å². The molecule has 2 aromatic carbocycles. The van der Waals surface area contributed by atoms with Gasteiger partial charge in [-0.3, -0.25) is 4.98 Å². The summed E-state index contributed by atoms with van der Waals surface area (Å²) in [6.07, 6.45) is 6.44. The van der Waals surface area contributed by atoms with Crippen LogP contribution in [0.25, 0.3) is 33.9 Å². The van der Waals surface area contributed by atoms with Crippen LogP contribution in [-0.2, 0) is 13.0 Å². The first-order valence-corrected chi connectivity index (χ1v) is 11.1. The summed E-state index contributed by atoms with van der Waals surface area (Å²) in [5, 5.41) is 19.2. The van der Waals surface area contributed by atoms with Gasteiger partial charge in [0.25, 0.3) is 0 Å². The lowest BCUT2D eigenvalue weighted by Gasteiger charge is -2.08. The van der Waals surface area contributed by atoms with Crippen molar-refractivity contribution in [3.8, 4) is 33.9 Å². The molecule has 164 valence electrons. The standard InChI is InChI=1S/C25H24N8/c1-2-3-15-33-23(27-24(30-33)20-7-5-4-6-8-20)16-18-9-11-19(12-10-18)21-13-14-26-17-22(21)25-28-31-32-29-25/h4-14,17H,2-3,15-16H2,1H3,(H,28,29,31,32). The second kappa shape index (κ2) is 9.52. The highest BCUT2D eigenvalue weighted by atomic mass is 15.5. The van der Waals surface area contributed by atoms with E-state index in [0.29, 0.717) is 5.82 Å². The van der Waals surface area contributed by atoms with E-state index in [9.17, 15) is 0 Å². The van der Waals surface area contributed by atoms with Crippen molar-refractivity contribution in [3.63, 3.8) is 0 Å². The van der Waals surface area contributed by atoms with Crippen LogP contribution in [0.1, 0.15) is 31.2 Å². The summed E-state index contributed by atoms with van der Waals surface area (Å²) in [7, 11) is 0. The molecule has 5 rings (SSSR count). The van der Waals surface area contributed by atoms with E-state index in [2.05, 4.69) is 61.5 Å². The first-order chi connectivity index (χ1) is 16.3. The molecule has 5 aromatic rings. The third-order valence-electron chi connectivity index (χ3n) is 5.54. The number of benzene rings is 2. The number of rotatable bonds is 8. The first-order valence-electron chi connectivity index (χ1n) is 11.1. The molecule has 8 heteroatoms. The average Bonchev–Trinajstić information content (AvgIpc) is 3.54. The molecule has 0 spiro atoms. The van der Waals surface area contributed by atoms with Gasteiger partial charge in [0, 0.05) is 36.5 Å². The number of aryl methyl sites for hydroxylation is 1. The highest BCUT2D eigenvalue weighted by Crippen LogP contribution is 2.29. The SMILES string of the molecule is CCCCn1nc(-c2ccccc2)nc1Cc1ccc(-c2ccncc2-c2nn[nH]n2)cc1. The van der Waals surface area contributed by atoms with Crippen molar-refractivity contribution in [3.05, 3.63) is 84.4 Å². The van der Waals surface area contributed by atoms with Crippen LogP contribution in [0.3, 0.4) is 0 Å². The summed E-state index contributed by atoms with van der Waals surface area (Å²) in [6.45, 7) is 3.06. The molecule has 0 saturated heterocycles. The predicted molar refractivity (Wildman–Crippen MR) is 126 cm³/mol. The summed E-state index contributed by atoms with van der Waals surface area (Å²) in [6, 6.07) is 20.6. The van der Waals surface area contributed by atoms with E-state index in [1.54, 1.807) is 12.4 Å². The Morgan fingerprint density at radius 1 is 0.879 bits per heavy atom. The van der Waals surface area contributed by atoms with Crippen molar-refractivity contribution < 1.29 is 0 Å². The van der Waals surface area contributed by atoms with Gasteiger partial charge in [0.05, 0.1) is 0 Å². The minimum atomic E-state index is 0.527. The maximum absolute atomic E-state index is 4.87. The number of H-pyrrole nitrogens is 1. The Kier molecular flexibility index (Phi) is 5.97. The molecule has 0 amide bonds. The Bertz CT molecular complexity index is 1310. The minimum Gasteiger partial charge on any atom is -0.264 e. The van der Waals surface area contributed by atoms with Crippen LogP contribution in [0.4, 0.5) is 0 Å². The largest absolute Gasteiger partial charge is 0.264 e. The lowest BCUT2D eigenvalue weighted by Crippen LogP contribution is -2.06. The van der Waals surface area contributed by atoms with Crippen molar-refractivity contribution in [1.29, 1.82) is 0 Å². The first kappa shape index (κ1) is 20.7. The summed E-state index contributed by atoms with van der Waals surface area (Å²) in [5.74, 6) is 2.28. The van der Waals surface area contributed by atoms with Gasteiger partial charge in [0.1, 0.15) is 5.82 Å². The average molecular weight is 437 g/mol. The monoisotopic (exact) mass is 436 g/mol. The number of nitrogens with zero attached hydrogens (tertiary/aromatic N) is 7. The number of tetrazole rings is 1. The fourth-order valence-electron chi connectivity index (χ4n) is 3.79. The lowest BCUT2D eigenvalue weighted by molar-refractivity contribution is 0.550. The number of hydrogen-bond donors (Lipinski definition) is 1. The molecule has 1 N–H and O–H groups in total. The van der Waals surface area contributed by atoms with Crippen LogP contribution in [0.2, 0.25) is 0 Å². The highest BCUT2D eigenvalue weighted by molar-refractivity contribution is 5.79. The maximum atomic E-state index is 4.87. The Hall–Kier alpha value is -4.20. The fraction of sp³-hybridized carbons (Fsp3) is 0.200. The number of pyridine rings is 1. The van der Waals surface area contributed by atoms with Crippen LogP contribution < -0.4 is 0 Å². The summed E-state index contributed by atoms with van der Waals surface area (Å²) >= 11 is 0. The van der Waals surface area contributed by atoms with Crippen LogP contribution in [-0.4, -0.2) is 40.4 Å². The van der Waals surface area contributed by atoms with Gasteiger partial charge in [-0.1, -0.05) is 67.9 Å². The smallest absolute Gasteiger partial charge is 0.206 e. The van der Waals surface area contributed by atoms with Crippen molar-refractivity contribution in [2.75, 3.05) is 0 Å². The Morgan fingerprint density at radius 2 is 1.73 bits per heavy atom. The number of nitrogens with one attached hydrogen (secondary N) is 1. The van der Waals surface area contributed by atoms with Gasteiger partial charge in [-0.25, -0.2) is 9.67 Å². The zero-order chi connectivity index (χ0) is 22.5. The molecule has 0 aliphatic carbocycles. The number of aromatic amines is 1. The molecule has 8 nitrogen and oxygen atoms in total. The fourth-order valence-corrected chi connectivity index (χ4v) is 3.79. The summed E-state index contributed by atoms with van der Waals surface area (Å²) in [4.78, 5) is 9.10. The summed E-state index contributed by atoms with van der Waals surface area (Å²) < 4.78 is 2.05. The predicted octanol–water partition coefficient (Wildman–Crippen LogP) is 4.58. The van der Waals surface area contributed by atoms with Gasteiger partial charge in [-0.15, -0.1) is 10.2 Å². The number of unbranched alkanes of at least 4 members (excludes halogenated alkanes) is 1. The van der Waals surface area contributed by atoms with E-state index < -0.39 is 0 Å². The Labute approximate surface area is 191 Å². The molecule has 3 aromatic heterocycles. The highest BCUT2D eigenvalue weighted by Gasteiger charge is 2.14. The molecule has 0 radical (unpaired) electrons. The molecular formula is C25H24N8. The third-order valence-corrected chi connectivity index (χ3v) is 5.54. The van der Waals surface area contributed by atoms with Gasteiger partial charge in [-0.05, 0) is 34.4 Å². The normalized spacial score (nSPS) is 11.1. The van der Waals surface area contributed by atoms with E-state index in [1.165, 1.54) is 5.56 Å². The quantitative estimate of drug-likeness (QED) is 0.382. The molecule has 0 aliphatic heterocycles. The van der Waals surface area contributed by atoms with Gasteiger partial charge >= 0.3 is 0 Å². The maximum Gasteiger partial charge on any atom is 0.206 e. The van der Waals surface area contributed by atoms with Gasteiger partial charge < -0.3 is 0 Å². The molecule has 33 heavy (non-hydrogen) atoms. The topological polar surface area (TPSA) is 98.1 Å². The molecule has 0 saturated carbocycles. The van der Waals surface area contributed by atoms with E-state index in [-0.39, 0.29) is 0 Å². The Morgan fingerprint density at radius 3 is 2.48 bits per heavy atom. The molecule has 0 aliphatic rings. The lowest BCUT2D eigenvalue weighted by atomic mass is 9.99.